The van der Waals surface area contributed by atoms with Crippen molar-refractivity contribution in [2.75, 3.05) is 38.1 Å². The highest BCUT2D eigenvalue weighted by Gasteiger charge is 2.23. The fourth-order valence-electron chi connectivity index (χ4n) is 3.30. The number of anilines is 1. The predicted molar refractivity (Wildman–Crippen MR) is 110 cm³/mol. The van der Waals surface area contributed by atoms with Gasteiger partial charge in [-0.25, -0.2) is 13.6 Å². The molecule has 28 heavy (non-hydrogen) atoms. The summed E-state index contributed by atoms with van der Waals surface area (Å²) >= 11 is 0. The third kappa shape index (κ3) is 4.70. The SMILES string of the molecule is C[C@H](NC(=O)c1ccc(N2CCN(C)CC2)c(S(N)(=O)=O)c1)c1ccccc1. The maximum atomic E-state index is 12.7. The van der Waals surface area contributed by atoms with E-state index in [0.717, 1.165) is 18.7 Å². The van der Waals surface area contributed by atoms with Crippen LogP contribution in [-0.2, 0) is 10.0 Å². The number of carbonyl (C=O) groups excluding carboxylic acids is 1. The number of sulfonamides is 1. The van der Waals surface area contributed by atoms with Crippen molar-refractivity contribution in [2.45, 2.75) is 17.9 Å². The largest absolute Gasteiger partial charge is 0.368 e. The van der Waals surface area contributed by atoms with Crippen LogP contribution in [0.2, 0.25) is 0 Å². The molecule has 0 bridgehead atoms. The summed E-state index contributed by atoms with van der Waals surface area (Å²) in [6.07, 6.45) is 0. The molecule has 0 saturated carbocycles. The number of amides is 1. The maximum Gasteiger partial charge on any atom is 0.251 e. The normalized spacial score (nSPS) is 16.6. The first-order valence-electron chi connectivity index (χ1n) is 9.22. The Labute approximate surface area is 166 Å². The molecule has 8 heteroatoms. The molecule has 0 spiro atoms. The molecule has 150 valence electrons. The van der Waals surface area contributed by atoms with E-state index in [4.69, 9.17) is 5.14 Å². The summed E-state index contributed by atoms with van der Waals surface area (Å²) in [6, 6.07) is 14.1. The topological polar surface area (TPSA) is 95.7 Å². The molecular weight excluding hydrogens is 376 g/mol. The number of piperazine rings is 1. The molecule has 1 fully saturated rings. The van der Waals surface area contributed by atoms with Gasteiger partial charge >= 0.3 is 0 Å². The van der Waals surface area contributed by atoms with Crippen molar-refractivity contribution in [1.82, 2.24) is 10.2 Å². The summed E-state index contributed by atoms with van der Waals surface area (Å²) in [6.45, 7) is 4.96. The van der Waals surface area contributed by atoms with Crippen LogP contribution in [0.1, 0.15) is 28.9 Å². The van der Waals surface area contributed by atoms with Gasteiger partial charge in [0.2, 0.25) is 10.0 Å². The molecule has 7 nitrogen and oxygen atoms in total. The van der Waals surface area contributed by atoms with Crippen molar-refractivity contribution >= 4 is 21.6 Å². The Morgan fingerprint density at radius 3 is 2.32 bits per heavy atom. The van der Waals surface area contributed by atoms with Gasteiger partial charge in [0.15, 0.2) is 0 Å². The smallest absolute Gasteiger partial charge is 0.251 e. The van der Waals surface area contributed by atoms with Crippen molar-refractivity contribution in [3.8, 4) is 0 Å². The molecule has 0 aromatic heterocycles. The molecule has 1 amide bonds. The van der Waals surface area contributed by atoms with Crippen molar-refractivity contribution in [1.29, 1.82) is 0 Å². The minimum atomic E-state index is -3.97. The molecule has 0 unspecified atom stereocenters. The Morgan fingerprint density at radius 1 is 1.07 bits per heavy atom. The molecule has 1 heterocycles. The van der Waals surface area contributed by atoms with Gasteiger partial charge in [0.05, 0.1) is 11.7 Å². The van der Waals surface area contributed by atoms with Gasteiger partial charge in [0, 0.05) is 31.7 Å². The molecular formula is C20H26N4O3S. The zero-order valence-electron chi connectivity index (χ0n) is 16.1. The summed E-state index contributed by atoms with van der Waals surface area (Å²) in [5, 5.41) is 8.36. The van der Waals surface area contributed by atoms with E-state index in [1.165, 1.54) is 6.07 Å². The fourth-order valence-corrected chi connectivity index (χ4v) is 4.08. The average molecular weight is 403 g/mol. The van der Waals surface area contributed by atoms with Gasteiger partial charge < -0.3 is 15.1 Å². The van der Waals surface area contributed by atoms with Crippen molar-refractivity contribution in [3.63, 3.8) is 0 Å². The lowest BCUT2D eigenvalue weighted by Gasteiger charge is -2.35. The van der Waals surface area contributed by atoms with Gasteiger partial charge in [0.25, 0.3) is 5.91 Å². The van der Waals surface area contributed by atoms with Gasteiger partial charge in [-0.3, -0.25) is 4.79 Å². The molecule has 1 aliphatic heterocycles. The van der Waals surface area contributed by atoms with Gasteiger partial charge in [0.1, 0.15) is 4.90 Å². The predicted octanol–water partition coefficient (Wildman–Crippen LogP) is 1.58. The third-order valence-corrected chi connectivity index (χ3v) is 5.96. The molecule has 0 aliphatic carbocycles. The second kappa shape index (κ2) is 8.30. The van der Waals surface area contributed by atoms with E-state index < -0.39 is 10.0 Å². The first kappa shape index (κ1) is 20.3. The fraction of sp³-hybridized carbons (Fsp3) is 0.350. The summed E-state index contributed by atoms with van der Waals surface area (Å²) in [5.41, 5.74) is 1.78. The number of nitrogens with one attached hydrogen (secondary N) is 1. The second-order valence-corrected chi connectivity index (χ2v) is 8.65. The monoisotopic (exact) mass is 402 g/mol. The highest BCUT2D eigenvalue weighted by atomic mass is 32.2. The quantitative estimate of drug-likeness (QED) is 0.792. The zero-order valence-corrected chi connectivity index (χ0v) is 16.9. The van der Waals surface area contributed by atoms with E-state index in [2.05, 4.69) is 10.2 Å². The Hall–Kier alpha value is -2.42. The Balaban J connectivity index is 1.85. The highest BCUT2D eigenvalue weighted by molar-refractivity contribution is 7.89. The van der Waals surface area contributed by atoms with E-state index in [0.29, 0.717) is 18.8 Å². The van der Waals surface area contributed by atoms with E-state index in [-0.39, 0.29) is 22.4 Å². The Morgan fingerprint density at radius 2 is 1.71 bits per heavy atom. The summed E-state index contributed by atoms with van der Waals surface area (Å²) in [7, 11) is -1.94. The number of primary sulfonamides is 1. The van der Waals surface area contributed by atoms with Gasteiger partial charge in [-0.05, 0) is 37.7 Å². The second-order valence-electron chi connectivity index (χ2n) is 7.12. The summed E-state index contributed by atoms with van der Waals surface area (Å²) < 4.78 is 24.4. The van der Waals surface area contributed by atoms with Crippen LogP contribution < -0.4 is 15.4 Å². The van der Waals surface area contributed by atoms with Crippen LogP contribution >= 0.6 is 0 Å². The third-order valence-electron chi connectivity index (χ3n) is 5.02. The summed E-state index contributed by atoms with van der Waals surface area (Å²) in [5.74, 6) is -0.341. The molecule has 3 N–H and O–H groups in total. The lowest BCUT2D eigenvalue weighted by atomic mass is 10.1. The Kier molecular flexibility index (Phi) is 6.02. The molecule has 1 atom stereocenters. The zero-order chi connectivity index (χ0) is 20.3. The standard InChI is InChI=1S/C20H26N4O3S/c1-15(16-6-4-3-5-7-16)22-20(25)17-8-9-18(19(14-17)28(21,26)27)24-12-10-23(2)11-13-24/h3-9,14-15H,10-13H2,1-2H3,(H,22,25)(H2,21,26,27)/t15-/m0/s1. The van der Waals surface area contributed by atoms with Crippen LogP contribution in [0.25, 0.3) is 0 Å². The number of rotatable bonds is 5. The minimum Gasteiger partial charge on any atom is -0.368 e. The minimum absolute atomic E-state index is 0.0166. The molecule has 2 aromatic rings. The first-order valence-corrected chi connectivity index (χ1v) is 10.8. The number of likely N-dealkylation sites (N-methyl/N-ethyl adjacent to an activating group) is 1. The number of carbonyl (C=O) groups is 1. The lowest BCUT2D eigenvalue weighted by Crippen LogP contribution is -2.45. The van der Waals surface area contributed by atoms with Crippen LogP contribution in [0.4, 0.5) is 5.69 Å². The van der Waals surface area contributed by atoms with Crippen LogP contribution in [-0.4, -0.2) is 52.5 Å². The number of hydrogen-bond acceptors (Lipinski definition) is 5. The Bertz CT molecular complexity index is 939. The van der Waals surface area contributed by atoms with Crippen LogP contribution in [0, 0.1) is 0 Å². The van der Waals surface area contributed by atoms with Gasteiger partial charge in [-0.1, -0.05) is 30.3 Å². The number of benzene rings is 2. The molecule has 3 rings (SSSR count). The van der Waals surface area contributed by atoms with Crippen molar-refractivity contribution < 1.29 is 13.2 Å². The molecule has 1 aliphatic rings. The van der Waals surface area contributed by atoms with Crippen LogP contribution in [0.5, 0.6) is 0 Å². The van der Waals surface area contributed by atoms with Crippen molar-refractivity contribution in [3.05, 3.63) is 59.7 Å². The summed E-state index contributed by atoms with van der Waals surface area (Å²) in [4.78, 5) is 16.8. The maximum absolute atomic E-state index is 12.7. The average Bonchev–Trinajstić information content (AvgIpc) is 2.68. The highest BCUT2D eigenvalue weighted by Crippen LogP contribution is 2.27. The van der Waals surface area contributed by atoms with E-state index in [9.17, 15) is 13.2 Å². The first-order chi connectivity index (χ1) is 13.3. The lowest BCUT2D eigenvalue weighted by molar-refractivity contribution is 0.0939. The van der Waals surface area contributed by atoms with E-state index in [1.807, 2.05) is 49.2 Å². The van der Waals surface area contributed by atoms with E-state index in [1.54, 1.807) is 12.1 Å². The molecule has 1 saturated heterocycles. The number of hydrogen-bond donors (Lipinski definition) is 2. The van der Waals surface area contributed by atoms with Crippen molar-refractivity contribution in [2.24, 2.45) is 5.14 Å². The van der Waals surface area contributed by atoms with Gasteiger partial charge in [-0.15, -0.1) is 0 Å². The molecule has 0 radical (unpaired) electrons. The number of nitrogens with two attached hydrogens (primary N) is 1. The van der Waals surface area contributed by atoms with E-state index >= 15 is 0 Å². The van der Waals surface area contributed by atoms with Crippen LogP contribution in [0.3, 0.4) is 0 Å². The number of nitrogens with zero attached hydrogens (tertiary/aromatic N) is 2. The van der Waals surface area contributed by atoms with Gasteiger partial charge in [-0.2, -0.15) is 0 Å². The molecule has 2 aromatic carbocycles. The van der Waals surface area contributed by atoms with Crippen LogP contribution in [0.15, 0.2) is 53.4 Å².